The molecule has 1 unspecified atom stereocenters. The van der Waals surface area contributed by atoms with Crippen LogP contribution in [0.5, 0.6) is 0 Å². The smallest absolute Gasteiger partial charge is 0.275 e. The Morgan fingerprint density at radius 1 is 1.17 bits per heavy atom. The third-order valence-electron chi connectivity index (χ3n) is 5.38. The Bertz CT molecular complexity index is 1230. The van der Waals surface area contributed by atoms with Gasteiger partial charge in [-0.05, 0) is 31.0 Å². The van der Waals surface area contributed by atoms with Crippen LogP contribution in [-0.4, -0.2) is 25.5 Å². The van der Waals surface area contributed by atoms with Crippen LogP contribution in [-0.2, 0) is 4.79 Å². The largest absolute Gasteiger partial charge is 0.328 e. The SMILES string of the molecule is O=C1CCCC2=C1C(c1ccccc1[N+](=O)[O-])n1nc(-c3cccc(Cl)c3)nc1N2. The fraction of sp³-hybridized carbons (Fsp3) is 0.190. The van der Waals surface area contributed by atoms with Gasteiger partial charge in [0.1, 0.15) is 6.04 Å². The highest BCUT2D eigenvalue weighted by molar-refractivity contribution is 6.30. The van der Waals surface area contributed by atoms with Crippen molar-refractivity contribution in [1.82, 2.24) is 14.8 Å². The van der Waals surface area contributed by atoms with Gasteiger partial charge in [0.15, 0.2) is 11.6 Å². The number of Topliss-reactive ketones (excluding diaryl/α,β-unsaturated/α-hetero) is 1. The van der Waals surface area contributed by atoms with Gasteiger partial charge >= 0.3 is 0 Å². The van der Waals surface area contributed by atoms with Gasteiger partial charge < -0.3 is 5.32 Å². The summed E-state index contributed by atoms with van der Waals surface area (Å²) in [5, 5.41) is 20.1. The van der Waals surface area contributed by atoms with Crippen LogP contribution < -0.4 is 5.32 Å². The van der Waals surface area contributed by atoms with Crippen LogP contribution in [0.4, 0.5) is 11.6 Å². The van der Waals surface area contributed by atoms with Crippen LogP contribution in [0.1, 0.15) is 30.9 Å². The fourth-order valence-corrected chi connectivity index (χ4v) is 4.27. The zero-order valence-electron chi connectivity index (χ0n) is 15.7. The number of halogens is 1. The van der Waals surface area contributed by atoms with Crippen molar-refractivity contribution in [3.05, 3.63) is 80.5 Å². The number of hydrogen-bond acceptors (Lipinski definition) is 6. The number of benzene rings is 2. The van der Waals surface area contributed by atoms with Gasteiger partial charge in [-0.2, -0.15) is 4.98 Å². The highest BCUT2D eigenvalue weighted by atomic mass is 35.5. The molecule has 8 nitrogen and oxygen atoms in total. The normalized spacial score (nSPS) is 17.9. The lowest BCUT2D eigenvalue weighted by Crippen LogP contribution is -2.31. The molecule has 0 fully saturated rings. The molecule has 0 amide bonds. The summed E-state index contributed by atoms with van der Waals surface area (Å²) in [6.07, 6.45) is 1.81. The van der Waals surface area contributed by atoms with Crippen molar-refractivity contribution in [2.24, 2.45) is 0 Å². The lowest BCUT2D eigenvalue weighted by atomic mass is 9.85. The zero-order valence-corrected chi connectivity index (χ0v) is 16.5. The average Bonchev–Trinajstić information content (AvgIpc) is 3.16. The minimum absolute atomic E-state index is 0.0302. The molecule has 2 aliphatic rings. The summed E-state index contributed by atoms with van der Waals surface area (Å²) in [6, 6.07) is 12.9. The highest BCUT2D eigenvalue weighted by Crippen LogP contribution is 2.43. The van der Waals surface area contributed by atoms with Gasteiger partial charge in [0.2, 0.25) is 5.95 Å². The second-order valence-corrected chi connectivity index (χ2v) is 7.66. The molecule has 9 heteroatoms. The van der Waals surface area contributed by atoms with Crippen LogP contribution in [0, 0.1) is 10.1 Å². The summed E-state index contributed by atoms with van der Waals surface area (Å²) in [7, 11) is 0. The molecule has 0 radical (unpaired) electrons. The number of hydrogen-bond donors (Lipinski definition) is 1. The van der Waals surface area contributed by atoms with E-state index >= 15 is 0 Å². The number of para-hydroxylation sites is 1. The molecule has 0 saturated carbocycles. The van der Waals surface area contributed by atoms with E-state index in [-0.39, 0.29) is 11.5 Å². The highest BCUT2D eigenvalue weighted by Gasteiger charge is 2.39. The Balaban J connectivity index is 1.73. The first-order valence-electron chi connectivity index (χ1n) is 9.52. The van der Waals surface area contributed by atoms with Crippen molar-refractivity contribution < 1.29 is 9.72 Å². The molecule has 3 aromatic rings. The molecular formula is C21H16ClN5O3. The maximum Gasteiger partial charge on any atom is 0.275 e. The van der Waals surface area contributed by atoms with Crippen molar-refractivity contribution in [2.45, 2.75) is 25.3 Å². The van der Waals surface area contributed by atoms with Crippen LogP contribution in [0.3, 0.4) is 0 Å². The van der Waals surface area contributed by atoms with E-state index < -0.39 is 11.0 Å². The van der Waals surface area contributed by atoms with E-state index in [1.807, 2.05) is 6.07 Å². The van der Waals surface area contributed by atoms with Crippen molar-refractivity contribution in [3.63, 3.8) is 0 Å². The third kappa shape index (κ3) is 2.96. The van der Waals surface area contributed by atoms with Gasteiger partial charge in [0.25, 0.3) is 5.69 Å². The number of nitro groups is 1. The third-order valence-corrected chi connectivity index (χ3v) is 5.61. The standard InChI is InChI=1S/C21H16ClN5O3/c22-13-6-3-5-12(11-13)20-24-21-23-15-8-4-10-17(28)18(15)19(26(21)25-20)14-7-1-2-9-16(14)27(29)30/h1-3,5-7,9,11,19H,4,8,10H2,(H,23,24,25). The molecule has 0 saturated heterocycles. The van der Waals surface area contributed by atoms with Crippen LogP contribution in [0.25, 0.3) is 11.4 Å². The van der Waals surface area contributed by atoms with E-state index in [4.69, 9.17) is 11.6 Å². The summed E-state index contributed by atoms with van der Waals surface area (Å²) in [4.78, 5) is 28.8. The minimum Gasteiger partial charge on any atom is -0.328 e. The van der Waals surface area contributed by atoms with E-state index in [1.54, 1.807) is 41.1 Å². The monoisotopic (exact) mass is 421 g/mol. The van der Waals surface area contributed by atoms with Crippen LogP contribution >= 0.6 is 11.6 Å². The maximum absolute atomic E-state index is 12.9. The summed E-state index contributed by atoms with van der Waals surface area (Å²) in [5.41, 5.74) is 2.35. The van der Waals surface area contributed by atoms with Gasteiger partial charge in [-0.3, -0.25) is 14.9 Å². The molecule has 30 heavy (non-hydrogen) atoms. The van der Waals surface area contributed by atoms with Gasteiger partial charge in [-0.1, -0.05) is 35.9 Å². The number of fused-ring (bicyclic) bond motifs is 1. The molecular weight excluding hydrogens is 406 g/mol. The van der Waals surface area contributed by atoms with Gasteiger partial charge in [0, 0.05) is 34.3 Å². The summed E-state index contributed by atoms with van der Waals surface area (Å²) >= 11 is 6.11. The predicted octanol–water partition coefficient (Wildman–Crippen LogP) is 4.53. The van der Waals surface area contributed by atoms with E-state index in [0.717, 1.165) is 17.7 Å². The van der Waals surface area contributed by atoms with Crippen molar-refractivity contribution >= 4 is 29.0 Å². The van der Waals surface area contributed by atoms with Crippen LogP contribution in [0.15, 0.2) is 59.8 Å². The Labute approximate surface area is 176 Å². The lowest BCUT2D eigenvalue weighted by Gasteiger charge is -2.31. The average molecular weight is 422 g/mol. The lowest BCUT2D eigenvalue weighted by molar-refractivity contribution is -0.385. The number of ketones is 1. The Morgan fingerprint density at radius 2 is 2.00 bits per heavy atom. The number of rotatable bonds is 3. The van der Waals surface area contributed by atoms with Gasteiger partial charge in [0.05, 0.1) is 10.5 Å². The molecule has 2 heterocycles. The van der Waals surface area contributed by atoms with Crippen molar-refractivity contribution in [1.29, 1.82) is 0 Å². The first-order chi connectivity index (χ1) is 14.5. The first kappa shape index (κ1) is 18.5. The summed E-state index contributed by atoms with van der Waals surface area (Å²) in [5.74, 6) is 0.842. The Morgan fingerprint density at radius 3 is 2.80 bits per heavy atom. The molecule has 1 N–H and O–H groups in total. The van der Waals surface area contributed by atoms with E-state index in [2.05, 4.69) is 15.4 Å². The van der Waals surface area contributed by atoms with Gasteiger partial charge in [-0.25, -0.2) is 4.68 Å². The maximum atomic E-state index is 12.9. The second kappa shape index (κ2) is 7.07. The van der Waals surface area contributed by atoms with Crippen molar-refractivity contribution in [2.75, 3.05) is 5.32 Å². The summed E-state index contributed by atoms with van der Waals surface area (Å²) in [6.45, 7) is 0. The number of nitro benzene ring substituents is 1. The van der Waals surface area contributed by atoms with Crippen molar-refractivity contribution in [3.8, 4) is 11.4 Å². The Hall–Kier alpha value is -3.52. The number of carbonyl (C=O) groups excluding carboxylic acids is 1. The molecule has 0 bridgehead atoms. The quantitative estimate of drug-likeness (QED) is 0.492. The topological polar surface area (TPSA) is 103 Å². The number of aromatic nitrogens is 3. The fourth-order valence-electron chi connectivity index (χ4n) is 4.08. The molecule has 1 aliphatic heterocycles. The summed E-state index contributed by atoms with van der Waals surface area (Å²) < 4.78 is 1.57. The second-order valence-electron chi connectivity index (χ2n) is 7.23. The van der Waals surface area contributed by atoms with E-state index in [9.17, 15) is 14.9 Å². The first-order valence-corrected chi connectivity index (χ1v) is 9.90. The number of anilines is 1. The minimum atomic E-state index is -0.717. The number of allylic oxidation sites excluding steroid dienone is 2. The molecule has 2 aromatic carbocycles. The molecule has 0 spiro atoms. The number of nitrogens with zero attached hydrogens (tertiary/aromatic N) is 4. The zero-order chi connectivity index (χ0) is 20.8. The number of nitrogens with one attached hydrogen (secondary N) is 1. The molecule has 1 aliphatic carbocycles. The molecule has 150 valence electrons. The van der Waals surface area contributed by atoms with E-state index in [0.29, 0.717) is 40.8 Å². The number of carbonyl (C=O) groups is 1. The van der Waals surface area contributed by atoms with E-state index in [1.165, 1.54) is 6.07 Å². The molecule has 1 aromatic heterocycles. The Kier molecular flexibility index (Phi) is 4.36. The molecule has 5 rings (SSSR count). The van der Waals surface area contributed by atoms with Crippen LogP contribution in [0.2, 0.25) is 5.02 Å². The van der Waals surface area contributed by atoms with Gasteiger partial charge in [-0.15, -0.1) is 5.10 Å². The predicted molar refractivity (Wildman–Crippen MR) is 111 cm³/mol. The molecule has 1 atom stereocenters.